The highest BCUT2D eigenvalue weighted by atomic mass is 35.5. The maximum absolute atomic E-state index is 14.5. The fourth-order valence-electron chi connectivity index (χ4n) is 5.04. The standard InChI is InChI=1S/C23H25ClFN3O4S/c1-27-20-3-2-16(24)13-18(20)23(22(27)29)5-8-28(9-6-23)10-11-32-17-12-15-4-7-26-33(30,31)21(15)19(25)14-17/h2-3,12-14,26H,4-11H2,1H3/i1D3. The first-order valence-electron chi connectivity index (χ1n) is 12.2. The average Bonchev–Trinajstić information content (AvgIpc) is 3.02. The second-order valence-electron chi connectivity index (χ2n) is 8.62. The lowest BCUT2D eigenvalue weighted by Crippen LogP contribution is -2.48. The number of likely N-dealkylation sites (tertiary alicyclic amines) is 1. The second-order valence-corrected chi connectivity index (χ2v) is 10.8. The molecule has 33 heavy (non-hydrogen) atoms. The molecule has 1 spiro atoms. The Morgan fingerprint density at radius 1 is 1.27 bits per heavy atom. The summed E-state index contributed by atoms with van der Waals surface area (Å²) in [5, 5.41) is 0.449. The molecule has 5 rings (SSSR count). The minimum atomic E-state index is -3.84. The fraction of sp³-hybridized carbons (Fsp3) is 0.435. The number of nitrogens with one attached hydrogen (secondary N) is 1. The molecule has 176 valence electrons. The molecule has 10 heteroatoms. The van der Waals surface area contributed by atoms with Crippen molar-refractivity contribution < 1.29 is 26.5 Å². The van der Waals surface area contributed by atoms with Gasteiger partial charge in [-0.2, -0.15) is 0 Å². The number of carbonyl (C=O) groups is 1. The number of hydrogen-bond donors (Lipinski definition) is 1. The molecule has 7 nitrogen and oxygen atoms in total. The van der Waals surface area contributed by atoms with Crippen molar-refractivity contribution in [1.29, 1.82) is 0 Å². The highest BCUT2D eigenvalue weighted by molar-refractivity contribution is 7.89. The molecular formula is C23H25ClFN3O4S. The van der Waals surface area contributed by atoms with E-state index in [9.17, 15) is 17.6 Å². The van der Waals surface area contributed by atoms with E-state index in [1.165, 1.54) is 0 Å². The predicted molar refractivity (Wildman–Crippen MR) is 123 cm³/mol. The SMILES string of the molecule is [2H]C([2H])([2H])N1C(=O)C2(CCN(CCOc3cc(F)c4c(c3)CCNS4(=O)=O)CC2)c2cc(Cl)ccc21. The van der Waals surface area contributed by atoms with Gasteiger partial charge in [-0.3, -0.25) is 9.69 Å². The summed E-state index contributed by atoms with van der Waals surface area (Å²) >= 11 is 6.20. The lowest BCUT2D eigenvalue weighted by atomic mass is 9.73. The Kier molecular flexibility index (Phi) is 4.77. The lowest BCUT2D eigenvalue weighted by molar-refractivity contribution is -0.124. The van der Waals surface area contributed by atoms with Gasteiger partial charge in [0.2, 0.25) is 15.9 Å². The maximum Gasteiger partial charge on any atom is 0.243 e. The van der Waals surface area contributed by atoms with Crippen molar-refractivity contribution in [2.75, 3.05) is 44.7 Å². The summed E-state index contributed by atoms with van der Waals surface area (Å²) in [5.74, 6) is -1.00. The first kappa shape index (κ1) is 19.1. The predicted octanol–water partition coefficient (Wildman–Crippen LogP) is 2.70. The third-order valence-electron chi connectivity index (χ3n) is 6.76. The van der Waals surface area contributed by atoms with Gasteiger partial charge in [0.1, 0.15) is 23.1 Å². The van der Waals surface area contributed by atoms with Crippen molar-refractivity contribution in [2.45, 2.75) is 29.6 Å². The van der Waals surface area contributed by atoms with E-state index >= 15 is 0 Å². The minimum Gasteiger partial charge on any atom is -0.492 e. The number of likely N-dealkylation sites (N-methyl/N-ethyl adjacent to an activating group) is 1. The molecule has 0 aromatic heterocycles. The van der Waals surface area contributed by atoms with Crippen LogP contribution in [0.1, 0.15) is 28.1 Å². The Hall–Kier alpha value is -2.20. The van der Waals surface area contributed by atoms with Crippen LogP contribution in [0.15, 0.2) is 35.2 Å². The first-order chi connectivity index (χ1) is 16.9. The number of carbonyl (C=O) groups excluding carboxylic acids is 1. The summed E-state index contributed by atoms with van der Waals surface area (Å²) in [7, 11) is -3.84. The van der Waals surface area contributed by atoms with Crippen LogP contribution in [0.25, 0.3) is 0 Å². The van der Waals surface area contributed by atoms with Crippen LogP contribution in [-0.4, -0.2) is 59.0 Å². The van der Waals surface area contributed by atoms with Crippen LogP contribution in [0, 0.1) is 5.82 Å². The Bertz CT molecular complexity index is 1330. The topological polar surface area (TPSA) is 79.0 Å². The average molecular weight is 497 g/mol. The number of hydrogen-bond acceptors (Lipinski definition) is 5. The zero-order valence-electron chi connectivity index (χ0n) is 20.7. The molecule has 3 heterocycles. The molecule has 0 atom stereocenters. The van der Waals surface area contributed by atoms with Gasteiger partial charge in [-0.1, -0.05) is 11.6 Å². The van der Waals surface area contributed by atoms with Crippen molar-refractivity contribution in [1.82, 2.24) is 9.62 Å². The van der Waals surface area contributed by atoms with Gasteiger partial charge in [0.25, 0.3) is 0 Å². The van der Waals surface area contributed by atoms with E-state index in [0.717, 1.165) is 11.0 Å². The largest absolute Gasteiger partial charge is 0.492 e. The molecule has 0 aliphatic carbocycles. The summed E-state index contributed by atoms with van der Waals surface area (Å²) in [6, 6.07) is 7.52. The summed E-state index contributed by atoms with van der Waals surface area (Å²) < 4.78 is 70.3. The first-order valence-corrected chi connectivity index (χ1v) is 12.6. The monoisotopic (exact) mass is 496 g/mol. The van der Waals surface area contributed by atoms with Gasteiger partial charge in [-0.15, -0.1) is 0 Å². The molecule has 2 aromatic carbocycles. The number of halogens is 2. The number of sulfonamides is 1. The molecule has 1 saturated heterocycles. The van der Waals surface area contributed by atoms with Gasteiger partial charge in [-0.25, -0.2) is 17.5 Å². The number of piperidine rings is 1. The van der Waals surface area contributed by atoms with Gasteiger partial charge < -0.3 is 9.64 Å². The number of rotatable bonds is 4. The molecule has 2 aromatic rings. The summed E-state index contributed by atoms with van der Waals surface area (Å²) in [4.78, 5) is 16.1. The lowest BCUT2D eigenvalue weighted by Gasteiger charge is -2.38. The van der Waals surface area contributed by atoms with Crippen LogP contribution in [0.4, 0.5) is 10.1 Å². The normalized spacial score (nSPS) is 22.9. The molecule has 0 radical (unpaired) electrons. The van der Waals surface area contributed by atoms with Gasteiger partial charge in [0.15, 0.2) is 0 Å². The van der Waals surface area contributed by atoms with Crippen LogP contribution in [0.2, 0.25) is 5.02 Å². The van der Waals surface area contributed by atoms with Crippen molar-refractivity contribution >= 4 is 33.2 Å². The third kappa shape index (κ3) is 3.80. The molecule has 1 amide bonds. The zero-order valence-corrected chi connectivity index (χ0v) is 19.3. The molecule has 1 N–H and O–H groups in total. The van der Waals surface area contributed by atoms with E-state index < -0.39 is 34.1 Å². The van der Waals surface area contributed by atoms with E-state index in [2.05, 4.69) is 9.62 Å². The highest BCUT2D eigenvalue weighted by Gasteiger charge is 2.50. The third-order valence-corrected chi connectivity index (χ3v) is 8.58. The fourth-order valence-corrected chi connectivity index (χ4v) is 6.55. The van der Waals surface area contributed by atoms with E-state index in [1.54, 1.807) is 24.3 Å². The van der Waals surface area contributed by atoms with Gasteiger partial charge in [0, 0.05) is 41.0 Å². The second kappa shape index (κ2) is 8.23. The van der Waals surface area contributed by atoms with E-state index in [4.69, 9.17) is 20.5 Å². The molecular weight excluding hydrogens is 469 g/mol. The van der Waals surface area contributed by atoms with Crippen LogP contribution in [-0.2, 0) is 26.7 Å². The Morgan fingerprint density at radius 2 is 2.06 bits per heavy atom. The van der Waals surface area contributed by atoms with Crippen LogP contribution < -0.4 is 14.4 Å². The van der Waals surface area contributed by atoms with E-state index in [0.29, 0.717) is 60.7 Å². The van der Waals surface area contributed by atoms with Crippen molar-refractivity contribution in [3.8, 4) is 5.75 Å². The van der Waals surface area contributed by atoms with Crippen molar-refractivity contribution in [2.24, 2.45) is 0 Å². The van der Waals surface area contributed by atoms with Crippen LogP contribution in [0.5, 0.6) is 5.75 Å². The zero-order chi connectivity index (χ0) is 25.9. The molecule has 0 bridgehead atoms. The van der Waals surface area contributed by atoms with Crippen molar-refractivity contribution in [3.05, 3.63) is 52.3 Å². The minimum absolute atomic E-state index is 0.208. The summed E-state index contributed by atoms with van der Waals surface area (Å²) in [6.45, 7) is -0.549. The van der Waals surface area contributed by atoms with E-state index in [1.807, 2.05) is 0 Å². The van der Waals surface area contributed by atoms with Gasteiger partial charge >= 0.3 is 0 Å². The Morgan fingerprint density at radius 3 is 2.82 bits per heavy atom. The number of nitrogens with zero attached hydrogens (tertiary/aromatic N) is 2. The van der Waals surface area contributed by atoms with Crippen molar-refractivity contribution in [3.63, 3.8) is 0 Å². The summed E-state index contributed by atoms with van der Waals surface area (Å²) in [6.07, 6.45) is 1.25. The van der Waals surface area contributed by atoms with Crippen LogP contribution in [0.3, 0.4) is 0 Å². The highest BCUT2D eigenvalue weighted by Crippen LogP contribution is 2.48. The number of ether oxygens (including phenoxy) is 1. The molecule has 0 unspecified atom stereocenters. The molecule has 3 aliphatic heterocycles. The number of fused-ring (bicyclic) bond motifs is 3. The number of anilines is 1. The maximum atomic E-state index is 14.5. The molecule has 0 saturated carbocycles. The number of benzene rings is 2. The van der Waals surface area contributed by atoms with Crippen LogP contribution >= 0.6 is 11.6 Å². The molecule has 3 aliphatic rings. The smallest absolute Gasteiger partial charge is 0.243 e. The molecule has 1 fully saturated rings. The quantitative estimate of drug-likeness (QED) is 0.704. The van der Waals surface area contributed by atoms with E-state index in [-0.39, 0.29) is 23.8 Å². The Balaban J connectivity index is 1.25. The van der Waals surface area contributed by atoms with Gasteiger partial charge in [-0.05, 0) is 67.7 Å². The number of amides is 1. The van der Waals surface area contributed by atoms with Gasteiger partial charge in [0.05, 0.1) is 5.41 Å². The Labute approximate surface area is 201 Å². The summed E-state index contributed by atoms with van der Waals surface area (Å²) in [5.41, 5.74) is 0.487.